The molecule has 0 aliphatic heterocycles. The van der Waals surface area contributed by atoms with Gasteiger partial charge in [-0.05, 0) is 12.5 Å². The van der Waals surface area contributed by atoms with Crippen LogP contribution in [0.25, 0.3) is 0 Å². The second-order valence-corrected chi connectivity index (χ2v) is 3.97. The first-order chi connectivity index (χ1) is 8.20. The predicted molar refractivity (Wildman–Crippen MR) is 65.6 cm³/mol. The highest BCUT2D eigenvalue weighted by molar-refractivity contribution is 5.64. The average Bonchev–Trinajstić information content (AvgIpc) is 2.38. The summed E-state index contributed by atoms with van der Waals surface area (Å²) < 4.78 is 10.6. The van der Waals surface area contributed by atoms with Crippen molar-refractivity contribution in [1.29, 1.82) is 0 Å². The summed E-state index contributed by atoms with van der Waals surface area (Å²) in [6, 6.07) is 9.74. The molecule has 1 atom stereocenters. The first-order valence-corrected chi connectivity index (χ1v) is 5.65. The zero-order valence-corrected chi connectivity index (χ0v) is 10.1. The van der Waals surface area contributed by atoms with Crippen molar-refractivity contribution in [2.75, 3.05) is 19.8 Å². The van der Waals surface area contributed by atoms with E-state index in [9.17, 15) is 4.79 Å². The molecule has 0 fully saturated rings. The highest BCUT2D eigenvalue weighted by Crippen LogP contribution is 2.04. The van der Waals surface area contributed by atoms with Crippen LogP contribution in [0.15, 0.2) is 30.3 Å². The van der Waals surface area contributed by atoms with Gasteiger partial charge in [-0.25, -0.2) is 0 Å². The first kappa shape index (κ1) is 13.8. The maximum Gasteiger partial charge on any atom is 0.144 e. The van der Waals surface area contributed by atoms with E-state index in [0.717, 1.165) is 5.56 Å². The van der Waals surface area contributed by atoms with Gasteiger partial charge in [0.05, 0.1) is 19.8 Å². The number of nitrogens with two attached hydrogens (primary N) is 1. The van der Waals surface area contributed by atoms with E-state index < -0.39 is 5.54 Å². The van der Waals surface area contributed by atoms with Gasteiger partial charge in [0, 0.05) is 6.61 Å². The largest absolute Gasteiger partial charge is 0.379 e. The molecule has 0 amide bonds. The van der Waals surface area contributed by atoms with Crippen LogP contribution in [0.5, 0.6) is 0 Å². The lowest BCUT2D eigenvalue weighted by molar-refractivity contribution is -0.117. The number of ether oxygens (including phenoxy) is 2. The number of hydrogen-bond donors (Lipinski definition) is 1. The van der Waals surface area contributed by atoms with Gasteiger partial charge in [-0.15, -0.1) is 0 Å². The Morgan fingerprint density at radius 1 is 1.24 bits per heavy atom. The maximum atomic E-state index is 10.9. The molecule has 1 unspecified atom stereocenters. The fourth-order valence-corrected chi connectivity index (χ4v) is 1.33. The predicted octanol–water partition coefficient (Wildman–Crippen LogP) is 1.14. The fraction of sp³-hybridized carbons (Fsp3) is 0.462. The minimum atomic E-state index is -1.05. The van der Waals surface area contributed by atoms with Gasteiger partial charge < -0.3 is 20.0 Å². The third-order valence-corrected chi connectivity index (χ3v) is 2.29. The Morgan fingerprint density at radius 3 is 2.47 bits per heavy atom. The van der Waals surface area contributed by atoms with Gasteiger partial charge in [0.15, 0.2) is 0 Å². The van der Waals surface area contributed by atoms with Gasteiger partial charge in [0.2, 0.25) is 0 Å². The number of hydrogen-bond acceptors (Lipinski definition) is 4. The summed E-state index contributed by atoms with van der Waals surface area (Å²) in [7, 11) is 0. The van der Waals surface area contributed by atoms with Crippen molar-refractivity contribution in [3.8, 4) is 0 Å². The lowest BCUT2D eigenvalue weighted by atomic mass is 10.1. The topological polar surface area (TPSA) is 61.5 Å². The van der Waals surface area contributed by atoms with E-state index in [1.807, 2.05) is 37.3 Å². The molecule has 1 aromatic carbocycles. The molecule has 17 heavy (non-hydrogen) atoms. The summed E-state index contributed by atoms with van der Waals surface area (Å²) in [4.78, 5) is 10.9. The van der Waals surface area contributed by atoms with E-state index in [4.69, 9.17) is 15.2 Å². The van der Waals surface area contributed by atoms with Crippen molar-refractivity contribution in [2.24, 2.45) is 5.73 Å². The Labute approximate surface area is 102 Å². The Morgan fingerprint density at radius 2 is 1.88 bits per heavy atom. The molecule has 4 nitrogen and oxygen atoms in total. The van der Waals surface area contributed by atoms with Gasteiger partial charge in [0.25, 0.3) is 0 Å². The van der Waals surface area contributed by atoms with Gasteiger partial charge in [-0.3, -0.25) is 0 Å². The fourth-order valence-electron chi connectivity index (χ4n) is 1.33. The summed E-state index contributed by atoms with van der Waals surface area (Å²) in [5.41, 5.74) is 5.83. The summed E-state index contributed by atoms with van der Waals surface area (Å²) in [6.07, 6.45) is 0.688. The molecule has 0 saturated carbocycles. The summed E-state index contributed by atoms with van der Waals surface area (Å²) >= 11 is 0. The molecule has 94 valence electrons. The molecule has 1 aromatic rings. The molecule has 4 heteroatoms. The smallest absolute Gasteiger partial charge is 0.144 e. The molecule has 1 rings (SSSR count). The van der Waals surface area contributed by atoms with Crippen molar-refractivity contribution >= 4 is 6.29 Å². The van der Waals surface area contributed by atoms with Crippen molar-refractivity contribution in [3.05, 3.63) is 35.9 Å². The lowest BCUT2D eigenvalue weighted by Crippen LogP contribution is -2.50. The molecule has 0 heterocycles. The Kier molecular flexibility index (Phi) is 5.83. The van der Waals surface area contributed by atoms with Crippen molar-refractivity contribution < 1.29 is 14.3 Å². The summed E-state index contributed by atoms with van der Waals surface area (Å²) in [5.74, 6) is 0. The molecular formula is C13H19NO3. The second kappa shape index (κ2) is 7.17. The number of carbonyl (C=O) groups excluding carboxylic acids is 1. The quantitative estimate of drug-likeness (QED) is 0.689. The van der Waals surface area contributed by atoms with Gasteiger partial charge in [0.1, 0.15) is 11.8 Å². The first-order valence-electron chi connectivity index (χ1n) is 5.65. The molecule has 0 aliphatic rings. The summed E-state index contributed by atoms with van der Waals surface area (Å²) in [5, 5.41) is 0. The van der Waals surface area contributed by atoms with Crippen LogP contribution in [-0.2, 0) is 20.9 Å². The van der Waals surface area contributed by atoms with Gasteiger partial charge in [-0.1, -0.05) is 30.3 Å². The minimum Gasteiger partial charge on any atom is -0.379 e. The molecule has 0 aliphatic carbocycles. The standard InChI is InChI=1S/C13H19NO3/c1-2-16-10-13(14,9-15)11-17-8-12-6-4-3-5-7-12/h3-7,9H,2,8,10-11,14H2,1H3. The molecule has 0 aromatic heterocycles. The van der Waals surface area contributed by atoms with Crippen LogP contribution in [0.3, 0.4) is 0 Å². The number of aldehydes is 1. The monoisotopic (exact) mass is 237 g/mol. The van der Waals surface area contributed by atoms with Crippen LogP contribution in [0.2, 0.25) is 0 Å². The Balaban J connectivity index is 2.35. The average molecular weight is 237 g/mol. The maximum absolute atomic E-state index is 10.9. The van der Waals surface area contributed by atoms with Crippen LogP contribution in [0, 0.1) is 0 Å². The number of rotatable bonds is 8. The van der Waals surface area contributed by atoms with E-state index in [-0.39, 0.29) is 13.2 Å². The SMILES string of the molecule is CCOCC(N)(C=O)COCc1ccccc1. The lowest BCUT2D eigenvalue weighted by Gasteiger charge is -2.22. The molecule has 0 saturated heterocycles. The molecule has 0 spiro atoms. The summed E-state index contributed by atoms with van der Waals surface area (Å²) in [6.45, 7) is 3.18. The van der Waals surface area contributed by atoms with Crippen molar-refractivity contribution in [1.82, 2.24) is 0 Å². The third kappa shape index (κ3) is 5.08. The van der Waals surface area contributed by atoms with Crippen LogP contribution in [0.1, 0.15) is 12.5 Å². The van der Waals surface area contributed by atoms with Gasteiger partial charge in [-0.2, -0.15) is 0 Å². The highest BCUT2D eigenvalue weighted by atomic mass is 16.5. The molecule has 0 radical (unpaired) electrons. The van der Waals surface area contributed by atoms with E-state index in [0.29, 0.717) is 19.5 Å². The zero-order chi connectivity index (χ0) is 12.6. The highest BCUT2D eigenvalue weighted by Gasteiger charge is 2.24. The van der Waals surface area contributed by atoms with E-state index in [1.54, 1.807) is 0 Å². The second-order valence-electron chi connectivity index (χ2n) is 3.97. The molecule has 0 bridgehead atoms. The van der Waals surface area contributed by atoms with Crippen LogP contribution in [-0.4, -0.2) is 31.6 Å². The molecule has 2 N–H and O–H groups in total. The van der Waals surface area contributed by atoms with Gasteiger partial charge >= 0.3 is 0 Å². The minimum absolute atomic E-state index is 0.158. The van der Waals surface area contributed by atoms with E-state index in [1.165, 1.54) is 0 Å². The van der Waals surface area contributed by atoms with Crippen molar-refractivity contribution in [2.45, 2.75) is 19.1 Å². The van der Waals surface area contributed by atoms with Crippen molar-refractivity contribution in [3.63, 3.8) is 0 Å². The van der Waals surface area contributed by atoms with Crippen LogP contribution in [0.4, 0.5) is 0 Å². The Bertz CT molecular complexity index is 329. The van der Waals surface area contributed by atoms with E-state index >= 15 is 0 Å². The van der Waals surface area contributed by atoms with Crippen LogP contribution >= 0.6 is 0 Å². The normalized spacial score (nSPS) is 14.2. The Hall–Kier alpha value is -1.23. The zero-order valence-electron chi connectivity index (χ0n) is 10.1. The number of carbonyl (C=O) groups is 1. The number of benzene rings is 1. The van der Waals surface area contributed by atoms with Crippen LogP contribution < -0.4 is 5.73 Å². The molecular weight excluding hydrogens is 218 g/mol. The van der Waals surface area contributed by atoms with E-state index in [2.05, 4.69) is 0 Å². The third-order valence-electron chi connectivity index (χ3n) is 2.29.